The van der Waals surface area contributed by atoms with E-state index in [0.717, 1.165) is 24.5 Å². The molecular formula is C9H21NO3S. The number of hydrogen-bond donors (Lipinski definition) is 2. The first-order valence-corrected chi connectivity index (χ1v) is 5.95. The van der Waals surface area contributed by atoms with Crippen molar-refractivity contribution in [2.75, 3.05) is 45.4 Å². The zero-order chi connectivity index (χ0) is 10.6. The van der Waals surface area contributed by atoms with Crippen LogP contribution < -0.4 is 5.32 Å². The van der Waals surface area contributed by atoms with Gasteiger partial charge in [-0.3, -0.25) is 0 Å². The molecule has 0 heterocycles. The van der Waals surface area contributed by atoms with Crippen molar-refractivity contribution < 1.29 is 14.6 Å². The smallest absolute Gasteiger partial charge is 0.169 e. The fourth-order valence-electron chi connectivity index (χ4n) is 0.896. The highest BCUT2D eigenvalue weighted by molar-refractivity contribution is 7.99. The lowest BCUT2D eigenvalue weighted by molar-refractivity contribution is -0.0984. The highest BCUT2D eigenvalue weighted by Gasteiger charge is 2.02. The molecule has 0 fully saturated rings. The molecule has 0 aliphatic rings. The van der Waals surface area contributed by atoms with Crippen molar-refractivity contribution >= 4 is 11.8 Å². The SMILES string of the molecule is COC(CNCCSCCCO)OC. The van der Waals surface area contributed by atoms with E-state index in [1.807, 2.05) is 11.8 Å². The molecule has 0 radical (unpaired) electrons. The fraction of sp³-hybridized carbons (Fsp3) is 1.00. The van der Waals surface area contributed by atoms with Crippen molar-refractivity contribution in [2.45, 2.75) is 12.7 Å². The average molecular weight is 223 g/mol. The molecule has 2 N–H and O–H groups in total. The molecule has 0 amide bonds. The van der Waals surface area contributed by atoms with Gasteiger partial charge in [0.05, 0.1) is 0 Å². The van der Waals surface area contributed by atoms with Gasteiger partial charge in [-0.25, -0.2) is 0 Å². The highest BCUT2D eigenvalue weighted by atomic mass is 32.2. The van der Waals surface area contributed by atoms with Gasteiger partial charge in [-0.15, -0.1) is 0 Å². The van der Waals surface area contributed by atoms with Gasteiger partial charge in [-0.05, 0) is 12.2 Å². The summed E-state index contributed by atoms with van der Waals surface area (Å²) in [7, 11) is 3.26. The molecule has 0 spiro atoms. The van der Waals surface area contributed by atoms with Crippen molar-refractivity contribution in [3.8, 4) is 0 Å². The monoisotopic (exact) mass is 223 g/mol. The third-order valence-electron chi connectivity index (χ3n) is 1.71. The lowest BCUT2D eigenvalue weighted by Crippen LogP contribution is -2.31. The van der Waals surface area contributed by atoms with E-state index in [1.54, 1.807) is 14.2 Å². The molecule has 4 nitrogen and oxygen atoms in total. The van der Waals surface area contributed by atoms with E-state index in [2.05, 4.69) is 5.32 Å². The Kier molecular flexibility index (Phi) is 11.4. The molecule has 0 aromatic carbocycles. The number of nitrogens with one attached hydrogen (secondary N) is 1. The Morgan fingerprint density at radius 1 is 1.29 bits per heavy atom. The summed E-state index contributed by atoms with van der Waals surface area (Å²) in [6.07, 6.45) is 0.723. The van der Waals surface area contributed by atoms with E-state index in [0.29, 0.717) is 6.54 Å². The summed E-state index contributed by atoms with van der Waals surface area (Å²) in [5.41, 5.74) is 0. The number of ether oxygens (including phenoxy) is 2. The van der Waals surface area contributed by atoms with Crippen LogP contribution in [-0.2, 0) is 9.47 Å². The Hall–Kier alpha value is 0.190. The number of aliphatic hydroxyl groups is 1. The van der Waals surface area contributed by atoms with Crippen LogP contribution >= 0.6 is 11.8 Å². The Morgan fingerprint density at radius 2 is 2.00 bits per heavy atom. The van der Waals surface area contributed by atoms with E-state index >= 15 is 0 Å². The van der Waals surface area contributed by atoms with Gasteiger partial charge in [0, 0.05) is 39.7 Å². The molecule has 5 heteroatoms. The molecule has 0 saturated carbocycles. The summed E-state index contributed by atoms with van der Waals surface area (Å²) in [5.74, 6) is 2.08. The molecule has 0 bridgehead atoms. The van der Waals surface area contributed by atoms with Crippen LogP contribution in [0.5, 0.6) is 0 Å². The number of aliphatic hydroxyl groups excluding tert-OH is 1. The summed E-state index contributed by atoms with van der Waals surface area (Å²) >= 11 is 1.84. The van der Waals surface area contributed by atoms with E-state index in [-0.39, 0.29) is 12.9 Å². The second kappa shape index (κ2) is 11.3. The maximum absolute atomic E-state index is 8.54. The maximum atomic E-state index is 8.54. The molecule has 0 atom stereocenters. The zero-order valence-corrected chi connectivity index (χ0v) is 9.81. The number of thioether (sulfide) groups is 1. The molecule has 86 valence electrons. The quantitative estimate of drug-likeness (QED) is 0.412. The Morgan fingerprint density at radius 3 is 2.57 bits per heavy atom. The van der Waals surface area contributed by atoms with Gasteiger partial charge < -0.3 is 19.9 Å². The number of hydrogen-bond acceptors (Lipinski definition) is 5. The molecule has 0 rings (SSSR count). The van der Waals surface area contributed by atoms with Gasteiger partial charge in [0.1, 0.15) is 0 Å². The highest BCUT2D eigenvalue weighted by Crippen LogP contribution is 2.00. The van der Waals surface area contributed by atoms with Crippen LogP contribution in [0.25, 0.3) is 0 Å². The van der Waals surface area contributed by atoms with Gasteiger partial charge in [0.25, 0.3) is 0 Å². The molecule has 0 aromatic heterocycles. The normalized spacial score (nSPS) is 11.1. The fourth-order valence-corrected chi connectivity index (χ4v) is 1.72. The molecule has 0 unspecified atom stereocenters. The zero-order valence-electron chi connectivity index (χ0n) is 8.99. The van der Waals surface area contributed by atoms with Crippen LogP contribution in [0.3, 0.4) is 0 Å². The van der Waals surface area contributed by atoms with Gasteiger partial charge in [-0.2, -0.15) is 11.8 Å². The van der Waals surface area contributed by atoms with Crippen LogP contribution in [0.1, 0.15) is 6.42 Å². The summed E-state index contributed by atoms with van der Waals surface area (Å²) in [5, 5.41) is 11.8. The first-order chi connectivity index (χ1) is 6.85. The minimum absolute atomic E-state index is 0.155. The van der Waals surface area contributed by atoms with Crippen LogP contribution in [0, 0.1) is 0 Å². The van der Waals surface area contributed by atoms with E-state index in [1.165, 1.54) is 0 Å². The molecule has 0 aliphatic heterocycles. The minimum atomic E-state index is -0.155. The predicted molar refractivity (Wildman–Crippen MR) is 59.7 cm³/mol. The Bertz CT molecular complexity index is 112. The van der Waals surface area contributed by atoms with Crippen LogP contribution in [0.2, 0.25) is 0 Å². The first-order valence-electron chi connectivity index (χ1n) is 4.80. The molecular weight excluding hydrogens is 202 g/mol. The van der Waals surface area contributed by atoms with Gasteiger partial charge in [-0.1, -0.05) is 0 Å². The Balaban J connectivity index is 3.04. The standard InChI is InChI=1S/C9H21NO3S/c1-12-9(13-2)8-10-4-7-14-6-3-5-11/h9-11H,3-8H2,1-2H3. The van der Waals surface area contributed by atoms with Gasteiger partial charge in [0.2, 0.25) is 0 Å². The first kappa shape index (κ1) is 14.2. The second-order valence-electron chi connectivity index (χ2n) is 2.79. The molecule has 0 aromatic rings. The maximum Gasteiger partial charge on any atom is 0.169 e. The molecule has 14 heavy (non-hydrogen) atoms. The summed E-state index contributed by atoms with van der Waals surface area (Å²) in [6, 6.07) is 0. The number of methoxy groups -OCH3 is 2. The predicted octanol–water partition coefficient (Wildman–Crippen LogP) is 0.311. The van der Waals surface area contributed by atoms with Crippen molar-refractivity contribution in [1.82, 2.24) is 5.32 Å². The van der Waals surface area contributed by atoms with E-state index in [4.69, 9.17) is 14.6 Å². The van der Waals surface area contributed by atoms with Crippen LogP contribution in [0.4, 0.5) is 0 Å². The number of rotatable bonds is 10. The topological polar surface area (TPSA) is 50.7 Å². The summed E-state index contributed by atoms with van der Waals surface area (Å²) in [6.45, 7) is 1.95. The summed E-state index contributed by atoms with van der Waals surface area (Å²) < 4.78 is 10.0. The lowest BCUT2D eigenvalue weighted by Gasteiger charge is -2.13. The van der Waals surface area contributed by atoms with E-state index < -0.39 is 0 Å². The van der Waals surface area contributed by atoms with Crippen molar-refractivity contribution in [1.29, 1.82) is 0 Å². The lowest BCUT2D eigenvalue weighted by atomic mass is 10.5. The van der Waals surface area contributed by atoms with Crippen LogP contribution in [-0.4, -0.2) is 56.8 Å². The largest absolute Gasteiger partial charge is 0.396 e. The third-order valence-corrected chi connectivity index (χ3v) is 2.78. The third kappa shape index (κ3) is 8.77. The minimum Gasteiger partial charge on any atom is -0.396 e. The average Bonchev–Trinajstić information content (AvgIpc) is 2.22. The van der Waals surface area contributed by atoms with Crippen molar-refractivity contribution in [3.05, 3.63) is 0 Å². The van der Waals surface area contributed by atoms with Gasteiger partial charge >= 0.3 is 0 Å². The second-order valence-corrected chi connectivity index (χ2v) is 4.02. The van der Waals surface area contributed by atoms with E-state index in [9.17, 15) is 0 Å². The van der Waals surface area contributed by atoms with Crippen LogP contribution in [0.15, 0.2) is 0 Å². The van der Waals surface area contributed by atoms with Crippen molar-refractivity contribution in [3.63, 3.8) is 0 Å². The Labute approximate surface area is 90.4 Å². The molecule has 0 aliphatic carbocycles. The van der Waals surface area contributed by atoms with Crippen molar-refractivity contribution in [2.24, 2.45) is 0 Å². The van der Waals surface area contributed by atoms with Gasteiger partial charge in [0.15, 0.2) is 6.29 Å². The summed E-state index contributed by atoms with van der Waals surface area (Å²) in [4.78, 5) is 0. The molecule has 0 saturated heterocycles.